The maximum atomic E-state index is 12.9. The number of benzene rings is 1. The Morgan fingerprint density at radius 3 is 2.73 bits per heavy atom. The standard InChI is InChI=1S/C18H26ClNO2/c1-14(8-11-21)13-20-17(22)18(9-3-2-4-10-18)15-6-5-7-16(19)12-15/h5-7,12,14,21H,2-4,8-11,13H2,1H3,(H,20,22). The van der Waals surface area contributed by atoms with E-state index in [9.17, 15) is 4.79 Å². The number of halogens is 1. The van der Waals surface area contributed by atoms with Crippen LogP contribution in [0.2, 0.25) is 5.02 Å². The van der Waals surface area contributed by atoms with E-state index in [1.807, 2.05) is 31.2 Å². The molecule has 122 valence electrons. The summed E-state index contributed by atoms with van der Waals surface area (Å²) in [6.45, 7) is 2.82. The van der Waals surface area contributed by atoms with Crippen LogP contribution in [0.1, 0.15) is 51.0 Å². The van der Waals surface area contributed by atoms with Crippen molar-refractivity contribution in [3.63, 3.8) is 0 Å². The van der Waals surface area contributed by atoms with Crippen LogP contribution in [-0.4, -0.2) is 24.2 Å². The zero-order chi connectivity index (χ0) is 16.0. The normalized spacial score (nSPS) is 18.7. The van der Waals surface area contributed by atoms with Crippen molar-refractivity contribution in [1.29, 1.82) is 0 Å². The van der Waals surface area contributed by atoms with Crippen LogP contribution in [0.25, 0.3) is 0 Å². The fraction of sp³-hybridized carbons (Fsp3) is 0.611. The minimum atomic E-state index is -0.442. The Balaban J connectivity index is 2.16. The summed E-state index contributed by atoms with van der Waals surface area (Å²) in [6.07, 6.45) is 5.82. The van der Waals surface area contributed by atoms with Crippen LogP contribution in [0.5, 0.6) is 0 Å². The van der Waals surface area contributed by atoms with Crippen molar-refractivity contribution in [3.05, 3.63) is 34.9 Å². The van der Waals surface area contributed by atoms with Gasteiger partial charge in [-0.15, -0.1) is 0 Å². The quantitative estimate of drug-likeness (QED) is 0.839. The molecule has 1 aromatic rings. The van der Waals surface area contributed by atoms with Crippen molar-refractivity contribution in [2.24, 2.45) is 5.92 Å². The molecule has 1 atom stereocenters. The van der Waals surface area contributed by atoms with Gasteiger partial charge in [-0.25, -0.2) is 0 Å². The molecule has 1 saturated carbocycles. The molecule has 4 heteroatoms. The molecule has 0 aromatic heterocycles. The fourth-order valence-corrected chi connectivity index (χ4v) is 3.54. The fourth-order valence-electron chi connectivity index (χ4n) is 3.35. The molecule has 1 aliphatic carbocycles. The number of nitrogens with one attached hydrogen (secondary N) is 1. The number of aliphatic hydroxyl groups is 1. The van der Waals surface area contributed by atoms with Crippen LogP contribution in [0.4, 0.5) is 0 Å². The third kappa shape index (κ3) is 4.02. The number of aliphatic hydroxyl groups excluding tert-OH is 1. The lowest BCUT2D eigenvalue weighted by molar-refractivity contribution is -0.128. The smallest absolute Gasteiger partial charge is 0.230 e. The number of hydrogen-bond acceptors (Lipinski definition) is 2. The number of rotatable bonds is 6. The van der Waals surface area contributed by atoms with Gasteiger partial charge in [-0.2, -0.15) is 0 Å². The summed E-state index contributed by atoms with van der Waals surface area (Å²) in [4.78, 5) is 12.9. The average Bonchev–Trinajstić information content (AvgIpc) is 2.53. The van der Waals surface area contributed by atoms with Gasteiger partial charge in [0, 0.05) is 18.2 Å². The van der Waals surface area contributed by atoms with Gasteiger partial charge in [-0.3, -0.25) is 4.79 Å². The molecule has 2 rings (SSSR count). The predicted octanol–water partition coefficient (Wildman–Crippen LogP) is 3.68. The summed E-state index contributed by atoms with van der Waals surface area (Å²) in [5.74, 6) is 0.396. The number of carbonyl (C=O) groups excluding carboxylic acids is 1. The molecular weight excluding hydrogens is 298 g/mol. The number of amides is 1. The van der Waals surface area contributed by atoms with E-state index < -0.39 is 5.41 Å². The summed E-state index contributed by atoms with van der Waals surface area (Å²) in [7, 11) is 0. The van der Waals surface area contributed by atoms with Crippen molar-refractivity contribution in [2.45, 2.75) is 50.9 Å². The van der Waals surface area contributed by atoms with Crippen molar-refractivity contribution < 1.29 is 9.90 Å². The molecule has 0 bridgehead atoms. The molecule has 0 spiro atoms. The minimum absolute atomic E-state index is 0.110. The van der Waals surface area contributed by atoms with E-state index >= 15 is 0 Å². The number of carbonyl (C=O) groups is 1. The van der Waals surface area contributed by atoms with Gasteiger partial charge in [0.15, 0.2) is 0 Å². The van der Waals surface area contributed by atoms with Crippen molar-refractivity contribution in [2.75, 3.05) is 13.2 Å². The summed E-state index contributed by atoms with van der Waals surface area (Å²) < 4.78 is 0. The van der Waals surface area contributed by atoms with Crippen LogP contribution in [0, 0.1) is 5.92 Å². The number of hydrogen-bond donors (Lipinski definition) is 2. The summed E-state index contributed by atoms with van der Waals surface area (Å²) in [5.41, 5.74) is 0.592. The first-order valence-corrected chi connectivity index (χ1v) is 8.61. The molecule has 1 aromatic carbocycles. The van der Waals surface area contributed by atoms with E-state index in [2.05, 4.69) is 5.32 Å². The molecule has 2 N–H and O–H groups in total. The Bertz CT molecular complexity index is 498. The van der Waals surface area contributed by atoms with Gasteiger partial charge in [0.05, 0.1) is 5.41 Å². The lowest BCUT2D eigenvalue weighted by Gasteiger charge is -2.36. The average molecular weight is 324 g/mol. The monoisotopic (exact) mass is 323 g/mol. The Hall–Kier alpha value is -1.06. The minimum Gasteiger partial charge on any atom is -0.396 e. The molecule has 1 unspecified atom stereocenters. The molecule has 1 amide bonds. The Labute approximate surface area is 138 Å². The molecule has 1 fully saturated rings. The van der Waals surface area contributed by atoms with Crippen LogP contribution < -0.4 is 5.32 Å². The SMILES string of the molecule is CC(CCO)CNC(=O)C1(c2cccc(Cl)c2)CCCCC1. The zero-order valence-corrected chi connectivity index (χ0v) is 14.0. The molecular formula is C18H26ClNO2. The van der Waals surface area contributed by atoms with E-state index in [4.69, 9.17) is 16.7 Å². The molecule has 0 aliphatic heterocycles. The first-order valence-electron chi connectivity index (χ1n) is 8.24. The van der Waals surface area contributed by atoms with Crippen LogP contribution in [-0.2, 0) is 10.2 Å². The van der Waals surface area contributed by atoms with Gasteiger partial charge in [-0.05, 0) is 42.9 Å². The largest absolute Gasteiger partial charge is 0.396 e. The van der Waals surface area contributed by atoms with Crippen molar-refractivity contribution >= 4 is 17.5 Å². The summed E-state index contributed by atoms with van der Waals surface area (Å²) >= 11 is 6.14. The van der Waals surface area contributed by atoms with Gasteiger partial charge in [0.2, 0.25) is 5.91 Å². The third-order valence-electron chi connectivity index (χ3n) is 4.75. The van der Waals surface area contributed by atoms with E-state index in [-0.39, 0.29) is 18.4 Å². The van der Waals surface area contributed by atoms with Gasteiger partial charge < -0.3 is 10.4 Å². The molecule has 0 radical (unpaired) electrons. The Morgan fingerprint density at radius 2 is 2.09 bits per heavy atom. The van der Waals surface area contributed by atoms with Crippen LogP contribution >= 0.6 is 11.6 Å². The molecule has 3 nitrogen and oxygen atoms in total. The van der Waals surface area contributed by atoms with Crippen LogP contribution in [0.15, 0.2) is 24.3 Å². The van der Waals surface area contributed by atoms with Gasteiger partial charge in [0.1, 0.15) is 0 Å². The molecule has 0 heterocycles. The second kappa shape index (κ2) is 7.98. The maximum Gasteiger partial charge on any atom is 0.230 e. The van der Waals surface area contributed by atoms with E-state index in [0.717, 1.165) is 31.2 Å². The predicted molar refractivity (Wildman–Crippen MR) is 90.1 cm³/mol. The first-order chi connectivity index (χ1) is 10.6. The molecule has 22 heavy (non-hydrogen) atoms. The Morgan fingerprint density at radius 1 is 1.36 bits per heavy atom. The topological polar surface area (TPSA) is 49.3 Å². The van der Waals surface area contributed by atoms with Gasteiger partial charge >= 0.3 is 0 Å². The van der Waals surface area contributed by atoms with Gasteiger partial charge in [0.25, 0.3) is 0 Å². The highest BCUT2D eigenvalue weighted by atomic mass is 35.5. The molecule has 1 aliphatic rings. The summed E-state index contributed by atoms with van der Waals surface area (Å²) in [5, 5.41) is 12.8. The zero-order valence-electron chi connectivity index (χ0n) is 13.3. The van der Waals surface area contributed by atoms with E-state index in [1.165, 1.54) is 6.42 Å². The second-order valence-corrected chi connectivity index (χ2v) is 6.92. The molecule has 0 saturated heterocycles. The van der Waals surface area contributed by atoms with E-state index in [0.29, 0.717) is 18.0 Å². The lowest BCUT2D eigenvalue weighted by atomic mass is 9.68. The van der Waals surface area contributed by atoms with Gasteiger partial charge in [-0.1, -0.05) is 49.9 Å². The highest BCUT2D eigenvalue weighted by Gasteiger charge is 2.41. The van der Waals surface area contributed by atoms with Crippen molar-refractivity contribution in [1.82, 2.24) is 5.32 Å². The Kier molecular flexibility index (Phi) is 6.27. The van der Waals surface area contributed by atoms with Crippen molar-refractivity contribution in [3.8, 4) is 0 Å². The third-order valence-corrected chi connectivity index (χ3v) is 4.99. The maximum absolute atomic E-state index is 12.9. The lowest BCUT2D eigenvalue weighted by Crippen LogP contribution is -2.47. The highest BCUT2D eigenvalue weighted by Crippen LogP contribution is 2.40. The second-order valence-electron chi connectivity index (χ2n) is 6.48. The first kappa shape index (κ1) is 17.3. The highest BCUT2D eigenvalue weighted by molar-refractivity contribution is 6.30. The summed E-state index contributed by atoms with van der Waals surface area (Å²) in [6, 6.07) is 7.73. The van der Waals surface area contributed by atoms with Crippen LogP contribution in [0.3, 0.4) is 0 Å². The van der Waals surface area contributed by atoms with E-state index in [1.54, 1.807) is 0 Å².